The molecule has 3 unspecified atom stereocenters. The second-order valence-electron chi connectivity index (χ2n) is 6.26. The monoisotopic (exact) mass is 291 g/mol. The van der Waals surface area contributed by atoms with Gasteiger partial charge in [-0.2, -0.15) is 0 Å². The molecule has 0 spiro atoms. The van der Waals surface area contributed by atoms with Crippen LogP contribution in [0.2, 0.25) is 0 Å². The van der Waals surface area contributed by atoms with Gasteiger partial charge in [0.05, 0.1) is 0 Å². The quantitative estimate of drug-likeness (QED) is 0.909. The highest BCUT2D eigenvalue weighted by Gasteiger charge is 2.48. The minimum atomic E-state index is -0.905. The molecule has 2 aliphatic rings. The first-order chi connectivity index (χ1) is 9.99. The van der Waals surface area contributed by atoms with Crippen molar-refractivity contribution in [2.75, 3.05) is 0 Å². The Morgan fingerprint density at radius 2 is 2.00 bits per heavy atom. The summed E-state index contributed by atoms with van der Waals surface area (Å²) in [5, 5.41) is 9.46. The fourth-order valence-corrected chi connectivity index (χ4v) is 3.78. The van der Waals surface area contributed by atoms with Gasteiger partial charge >= 0.3 is 5.97 Å². The van der Waals surface area contributed by atoms with Gasteiger partial charge in [-0.3, -0.25) is 4.79 Å². The van der Waals surface area contributed by atoms with Crippen molar-refractivity contribution < 1.29 is 19.1 Å². The van der Waals surface area contributed by atoms with Crippen molar-refractivity contribution in [2.45, 2.75) is 58.0 Å². The standard InChI is InChI=1S/C16H21NO4/c1-9-7-14(21-10(9)2)15(18)17-12-6-4-3-5-11(12)8-13(17)16(19)20/h7,11-13H,3-6,8H2,1-2H3,(H,19,20). The number of aliphatic carboxylic acids is 1. The first-order valence-electron chi connectivity index (χ1n) is 7.61. The highest BCUT2D eigenvalue weighted by molar-refractivity contribution is 5.95. The fourth-order valence-electron chi connectivity index (χ4n) is 3.78. The van der Waals surface area contributed by atoms with Gasteiger partial charge in [-0.1, -0.05) is 12.8 Å². The van der Waals surface area contributed by atoms with Crippen LogP contribution in [0.5, 0.6) is 0 Å². The van der Waals surface area contributed by atoms with Crippen molar-refractivity contribution in [3.63, 3.8) is 0 Å². The predicted molar refractivity (Wildman–Crippen MR) is 76.1 cm³/mol. The lowest BCUT2D eigenvalue weighted by Gasteiger charge is -2.32. The van der Waals surface area contributed by atoms with Crippen molar-refractivity contribution in [1.82, 2.24) is 4.90 Å². The van der Waals surface area contributed by atoms with Crippen molar-refractivity contribution in [2.24, 2.45) is 5.92 Å². The van der Waals surface area contributed by atoms with Gasteiger partial charge < -0.3 is 14.4 Å². The predicted octanol–water partition coefficient (Wildman–Crippen LogP) is 2.75. The van der Waals surface area contributed by atoms with Gasteiger partial charge in [-0.05, 0) is 50.7 Å². The van der Waals surface area contributed by atoms with E-state index in [0.717, 1.165) is 31.2 Å². The van der Waals surface area contributed by atoms with Crippen molar-refractivity contribution in [1.29, 1.82) is 0 Å². The molecule has 0 bridgehead atoms. The zero-order valence-electron chi connectivity index (χ0n) is 12.5. The summed E-state index contributed by atoms with van der Waals surface area (Å²) >= 11 is 0. The molecule has 1 aromatic heterocycles. The van der Waals surface area contributed by atoms with E-state index in [9.17, 15) is 14.7 Å². The third-order valence-electron chi connectivity index (χ3n) is 4.98. The maximum atomic E-state index is 12.8. The summed E-state index contributed by atoms with van der Waals surface area (Å²) in [7, 11) is 0. The number of nitrogens with zero attached hydrogens (tertiary/aromatic N) is 1. The molecular weight excluding hydrogens is 270 g/mol. The van der Waals surface area contributed by atoms with E-state index in [1.807, 2.05) is 13.8 Å². The molecule has 5 nitrogen and oxygen atoms in total. The highest BCUT2D eigenvalue weighted by atomic mass is 16.4. The number of carboxylic acids is 1. The van der Waals surface area contributed by atoms with Crippen LogP contribution in [0.15, 0.2) is 10.5 Å². The average Bonchev–Trinajstić information content (AvgIpc) is 2.99. The molecule has 0 radical (unpaired) electrons. The molecule has 0 aromatic carbocycles. The van der Waals surface area contributed by atoms with E-state index in [2.05, 4.69) is 0 Å². The molecule has 114 valence electrons. The van der Waals surface area contributed by atoms with Crippen molar-refractivity contribution >= 4 is 11.9 Å². The number of furan rings is 1. The fraction of sp³-hybridized carbons (Fsp3) is 0.625. The Morgan fingerprint density at radius 3 is 2.62 bits per heavy atom. The molecular formula is C16H21NO4. The Bertz CT molecular complexity index is 557. The molecule has 1 saturated heterocycles. The summed E-state index contributed by atoms with van der Waals surface area (Å²) < 4.78 is 5.51. The van der Waals surface area contributed by atoms with Crippen LogP contribution in [0.3, 0.4) is 0 Å². The second kappa shape index (κ2) is 5.20. The van der Waals surface area contributed by atoms with Gasteiger partial charge in [-0.15, -0.1) is 0 Å². The van der Waals surface area contributed by atoms with Gasteiger partial charge in [0.2, 0.25) is 0 Å². The van der Waals surface area contributed by atoms with Gasteiger partial charge in [0.25, 0.3) is 5.91 Å². The number of rotatable bonds is 2. The number of amides is 1. The Balaban J connectivity index is 1.92. The summed E-state index contributed by atoms with van der Waals surface area (Å²) in [6, 6.07) is 1.06. The molecule has 2 heterocycles. The molecule has 1 saturated carbocycles. The Kier molecular flexibility index (Phi) is 3.51. The zero-order chi connectivity index (χ0) is 15.1. The van der Waals surface area contributed by atoms with Crippen LogP contribution in [-0.2, 0) is 4.79 Å². The van der Waals surface area contributed by atoms with Gasteiger partial charge in [0, 0.05) is 6.04 Å². The summed E-state index contributed by atoms with van der Waals surface area (Å²) in [6.45, 7) is 3.70. The lowest BCUT2D eigenvalue weighted by molar-refractivity contribution is -0.141. The van der Waals surface area contributed by atoms with Gasteiger partial charge in [0.15, 0.2) is 5.76 Å². The second-order valence-corrected chi connectivity index (χ2v) is 6.26. The minimum Gasteiger partial charge on any atom is -0.480 e. The molecule has 1 aliphatic heterocycles. The smallest absolute Gasteiger partial charge is 0.326 e. The molecule has 1 aromatic rings. The zero-order valence-corrected chi connectivity index (χ0v) is 12.5. The third kappa shape index (κ3) is 2.34. The maximum absolute atomic E-state index is 12.8. The van der Waals surface area contributed by atoms with E-state index >= 15 is 0 Å². The summed E-state index contributed by atoms with van der Waals surface area (Å²) in [5.74, 6) is 0.124. The molecule has 3 rings (SSSR count). The molecule has 1 N–H and O–H groups in total. The maximum Gasteiger partial charge on any atom is 0.326 e. The van der Waals surface area contributed by atoms with E-state index in [1.165, 1.54) is 0 Å². The average molecular weight is 291 g/mol. The van der Waals surface area contributed by atoms with Crippen LogP contribution in [0.1, 0.15) is 54.0 Å². The third-order valence-corrected chi connectivity index (χ3v) is 4.98. The molecule has 1 aliphatic carbocycles. The van der Waals surface area contributed by atoms with Crippen LogP contribution in [0.25, 0.3) is 0 Å². The first-order valence-corrected chi connectivity index (χ1v) is 7.61. The summed E-state index contributed by atoms with van der Waals surface area (Å²) in [5.41, 5.74) is 0.921. The molecule has 1 amide bonds. The first kappa shape index (κ1) is 14.2. The lowest BCUT2D eigenvalue weighted by Crippen LogP contribution is -2.46. The number of hydrogen-bond donors (Lipinski definition) is 1. The Hall–Kier alpha value is -1.78. The van der Waals surface area contributed by atoms with E-state index < -0.39 is 12.0 Å². The number of carbonyl (C=O) groups excluding carboxylic acids is 1. The Labute approximate surface area is 123 Å². The van der Waals surface area contributed by atoms with E-state index in [1.54, 1.807) is 11.0 Å². The highest BCUT2D eigenvalue weighted by Crippen LogP contribution is 2.40. The van der Waals surface area contributed by atoms with Crippen LogP contribution >= 0.6 is 0 Å². The van der Waals surface area contributed by atoms with Crippen LogP contribution in [0.4, 0.5) is 0 Å². The van der Waals surface area contributed by atoms with Crippen molar-refractivity contribution in [3.05, 3.63) is 23.2 Å². The van der Waals surface area contributed by atoms with Gasteiger partial charge in [0.1, 0.15) is 11.8 Å². The normalized spacial score (nSPS) is 28.5. The lowest BCUT2D eigenvalue weighted by atomic mass is 9.84. The minimum absolute atomic E-state index is 0.0538. The van der Waals surface area contributed by atoms with Crippen molar-refractivity contribution in [3.8, 4) is 0 Å². The Morgan fingerprint density at radius 1 is 1.29 bits per heavy atom. The van der Waals surface area contributed by atoms with E-state index in [-0.39, 0.29) is 17.7 Å². The number of likely N-dealkylation sites (tertiary alicyclic amines) is 1. The number of aryl methyl sites for hydroxylation is 2. The summed E-state index contributed by atoms with van der Waals surface area (Å²) in [6.07, 6.45) is 4.69. The van der Waals surface area contributed by atoms with Crippen LogP contribution in [0, 0.1) is 19.8 Å². The number of carboxylic acid groups (broad SMARTS) is 1. The SMILES string of the molecule is Cc1cc(C(=O)N2C(C(=O)O)CC3CCCCC32)oc1C. The van der Waals surface area contributed by atoms with Gasteiger partial charge in [-0.25, -0.2) is 4.79 Å². The van der Waals surface area contributed by atoms with Crippen LogP contribution < -0.4 is 0 Å². The number of fused-ring (bicyclic) bond motifs is 1. The largest absolute Gasteiger partial charge is 0.480 e. The molecule has 3 atom stereocenters. The number of carbonyl (C=O) groups is 2. The van der Waals surface area contributed by atoms with E-state index in [4.69, 9.17) is 4.42 Å². The number of hydrogen-bond acceptors (Lipinski definition) is 3. The van der Waals surface area contributed by atoms with E-state index in [0.29, 0.717) is 18.1 Å². The van der Waals surface area contributed by atoms with Crippen LogP contribution in [-0.4, -0.2) is 34.0 Å². The topological polar surface area (TPSA) is 70.8 Å². The molecule has 2 fully saturated rings. The molecule has 21 heavy (non-hydrogen) atoms. The molecule has 5 heteroatoms. The summed E-state index contributed by atoms with van der Waals surface area (Å²) in [4.78, 5) is 25.9.